The molecule has 0 aliphatic carbocycles. The summed E-state index contributed by atoms with van der Waals surface area (Å²) in [5, 5.41) is 9.95. The molecule has 0 atom stereocenters. The van der Waals surface area contributed by atoms with E-state index < -0.39 is 0 Å². The molecule has 4 nitrogen and oxygen atoms in total. The molecule has 21 heavy (non-hydrogen) atoms. The van der Waals surface area contributed by atoms with Crippen LogP contribution in [-0.4, -0.2) is 24.5 Å². The first-order valence-corrected chi connectivity index (χ1v) is 8.61. The van der Waals surface area contributed by atoms with Crippen molar-refractivity contribution in [3.63, 3.8) is 0 Å². The van der Waals surface area contributed by atoms with Gasteiger partial charge in [-0.15, -0.1) is 22.7 Å². The fourth-order valence-electron chi connectivity index (χ4n) is 1.93. The van der Waals surface area contributed by atoms with Gasteiger partial charge in [-0.05, 0) is 18.4 Å². The van der Waals surface area contributed by atoms with Crippen molar-refractivity contribution < 1.29 is 0 Å². The predicted molar refractivity (Wildman–Crippen MR) is 92.4 cm³/mol. The molecule has 2 heterocycles. The fraction of sp³-hybridized carbons (Fsp3) is 0.467. The Morgan fingerprint density at radius 1 is 1.38 bits per heavy atom. The van der Waals surface area contributed by atoms with Gasteiger partial charge >= 0.3 is 0 Å². The van der Waals surface area contributed by atoms with Gasteiger partial charge in [0.2, 0.25) is 0 Å². The van der Waals surface area contributed by atoms with Gasteiger partial charge in [0.25, 0.3) is 0 Å². The van der Waals surface area contributed by atoms with E-state index in [0.29, 0.717) is 0 Å². The van der Waals surface area contributed by atoms with Gasteiger partial charge in [-0.25, -0.2) is 4.98 Å². The quantitative estimate of drug-likeness (QED) is 0.657. The molecule has 2 rings (SSSR count). The maximum Gasteiger partial charge on any atom is 0.191 e. The average molecular weight is 323 g/mol. The molecular formula is C15H22N4S2. The van der Waals surface area contributed by atoms with Gasteiger partial charge in [-0.1, -0.05) is 19.9 Å². The van der Waals surface area contributed by atoms with Crippen LogP contribution in [0.15, 0.2) is 28.7 Å². The third kappa shape index (κ3) is 4.54. The number of aryl methyl sites for hydroxylation is 1. The van der Waals surface area contributed by atoms with Gasteiger partial charge in [-0.2, -0.15) is 0 Å². The Kier molecular flexibility index (Phi) is 5.36. The number of rotatable bonds is 5. The maximum absolute atomic E-state index is 4.28. The fourth-order valence-corrected chi connectivity index (χ4v) is 3.52. The van der Waals surface area contributed by atoms with Crippen LogP contribution in [-0.2, 0) is 12.0 Å². The van der Waals surface area contributed by atoms with Crippen molar-refractivity contribution >= 4 is 28.6 Å². The number of aliphatic imine (C=N–C) groups is 1. The Balaban J connectivity index is 1.85. The molecule has 0 saturated heterocycles. The lowest BCUT2D eigenvalue weighted by Gasteiger charge is -2.25. The van der Waals surface area contributed by atoms with Crippen LogP contribution in [0.1, 0.15) is 28.6 Å². The molecule has 0 fully saturated rings. The third-order valence-electron chi connectivity index (χ3n) is 3.21. The summed E-state index contributed by atoms with van der Waals surface area (Å²) in [7, 11) is 1.80. The zero-order valence-corrected chi connectivity index (χ0v) is 14.6. The number of guanidine groups is 1. The monoisotopic (exact) mass is 322 g/mol. The van der Waals surface area contributed by atoms with E-state index in [2.05, 4.69) is 52.0 Å². The van der Waals surface area contributed by atoms with Crippen molar-refractivity contribution in [2.45, 2.75) is 32.7 Å². The Morgan fingerprint density at radius 3 is 2.76 bits per heavy atom. The molecule has 2 aromatic heterocycles. The molecule has 0 bridgehead atoms. The molecule has 2 N–H and O–H groups in total. The van der Waals surface area contributed by atoms with E-state index in [1.165, 1.54) is 9.75 Å². The normalized spacial score (nSPS) is 12.5. The Morgan fingerprint density at radius 2 is 2.19 bits per heavy atom. The summed E-state index contributed by atoms with van der Waals surface area (Å²) in [5.74, 6) is 0.825. The first-order chi connectivity index (χ1) is 10.0. The van der Waals surface area contributed by atoms with Gasteiger partial charge in [0, 0.05) is 35.0 Å². The van der Waals surface area contributed by atoms with Crippen molar-refractivity contribution in [2.24, 2.45) is 4.99 Å². The van der Waals surface area contributed by atoms with E-state index in [-0.39, 0.29) is 5.41 Å². The van der Waals surface area contributed by atoms with Crippen LogP contribution in [0, 0.1) is 6.92 Å². The molecule has 0 aromatic carbocycles. The van der Waals surface area contributed by atoms with Gasteiger partial charge in [-0.3, -0.25) is 4.99 Å². The number of hydrogen-bond acceptors (Lipinski definition) is 4. The zero-order valence-electron chi connectivity index (χ0n) is 12.9. The number of hydrogen-bond donors (Lipinski definition) is 2. The summed E-state index contributed by atoms with van der Waals surface area (Å²) >= 11 is 3.50. The highest BCUT2D eigenvalue weighted by Crippen LogP contribution is 2.26. The second-order valence-electron chi connectivity index (χ2n) is 5.49. The molecule has 114 valence electrons. The van der Waals surface area contributed by atoms with Crippen molar-refractivity contribution in [1.29, 1.82) is 0 Å². The first kappa shape index (κ1) is 16.0. The zero-order chi connectivity index (χ0) is 15.3. The van der Waals surface area contributed by atoms with Crippen LogP contribution >= 0.6 is 22.7 Å². The summed E-state index contributed by atoms with van der Waals surface area (Å²) in [6.45, 7) is 8.10. The lowest BCUT2D eigenvalue weighted by atomic mass is 9.91. The molecule has 0 amide bonds. The molecule has 0 aliphatic heterocycles. The van der Waals surface area contributed by atoms with Crippen LogP contribution in [0.2, 0.25) is 0 Å². The van der Waals surface area contributed by atoms with Crippen LogP contribution < -0.4 is 10.6 Å². The topological polar surface area (TPSA) is 49.3 Å². The second kappa shape index (κ2) is 7.04. The number of nitrogens with one attached hydrogen (secondary N) is 2. The van der Waals surface area contributed by atoms with Gasteiger partial charge in [0.1, 0.15) is 0 Å². The lowest BCUT2D eigenvalue weighted by Crippen LogP contribution is -2.42. The minimum Gasteiger partial charge on any atom is -0.356 e. The van der Waals surface area contributed by atoms with Crippen LogP contribution in [0.25, 0.3) is 0 Å². The summed E-state index contributed by atoms with van der Waals surface area (Å²) < 4.78 is 0. The summed E-state index contributed by atoms with van der Waals surface area (Å²) in [6.07, 6.45) is 1.91. The molecule has 0 aliphatic rings. The molecule has 0 spiro atoms. The van der Waals surface area contributed by atoms with Gasteiger partial charge < -0.3 is 10.6 Å². The van der Waals surface area contributed by atoms with Crippen molar-refractivity contribution in [3.05, 3.63) is 38.5 Å². The largest absolute Gasteiger partial charge is 0.356 e. The molecule has 6 heteroatoms. The van der Waals surface area contributed by atoms with Crippen LogP contribution in [0.3, 0.4) is 0 Å². The lowest BCUT2D eigenvalue weighted by molar-refractivity contribution is 0.518. The molecule has 0 unspecified atom stereocenters. The van der Waals surface area contributed by atoms with Crippen molar-refractivity contribution in [3.8, 4) is 0 Å². The Bertz CT molecular complexity index is 585. The third-order valence-corrected chi connectivity index (χ3v) is 5.36. The molecule has 0 radical (unpaired) electrons. The Hall–Kier alpha value is -1.40. The van der Waals surface area contributed by atoms with E-state index in [1.807, 2.05) is 13.1 Å². The van der Waals surface area contributed by atoms with Crippen LogP contribution in [0.5, 0.6) is 0 Å². The van der Waals surface area contributed by atoms with E-state index in [4.69, 9.17) is 0 Å². The highest BCUT2D eigenvalue weighted by atomic mass is 32.1. The van der Waals surface area contributed by atoms with Crippen molar-refractivity contribution in [2.75, 3.05) is 13.6 Å². The summed E-state index contributed by atoms with van der Waals surface area (Å²) in [6, 6.07) is 4.28. The smallest absolute Gasteiger partial charge is 0.191 e. The molecule has 0 saturated carbocycles. The minimum absolute atomic E-state index is 0.0901. The first-order valence-electron chi connectivity index (χ1n) is 6.91. The highest BCUT2D eigenvalue weighted by Gasteiger charge is 2.21. The molecule has 2 aromatic rings. The summed E-state index contributed by atoms with van der Waals surface area (Å²) in [4.78, 5) is 11.1. The Labute approximate surface area is 134 Å². The molecular weight excluding hydrogens is 300 g/mol. The standard InChI is InChI=1S/C15H22N4S2/c1-11-17-8-12(21-11)9-18-14(16-4)19-10-15(2,3)13-6-5-7-20-13/h5-8H,9-10H2,1-4H3,(H2,16,18,19). The second-order valence-corrected chi connectivity index (χ2v) is 7.75. The average Bonchev–Trinajstić information content (AvgIpc) is 3.10. The van der Waals surface area contributed by atoms with E-state index >= 15 is 0 Å². The van der Waals surface area contributed by atoms with Gasteiger partial charge in [0.15, 0.2) is 5.96 Å². The number of thiazole rings is 1. The number of nitrogens with zero attached hydrogens (tertiary/aromatic N) is 2. The van der Waals surface area contributed by atoms with E-state index in [1.54, 1.807) is 29.7 Å². The number of aromatic nitrogens is 1. The number of thiophene rings is 1. The summed E-state index contributed by atoms with van der Waals surface area (Å²) in [5.41, 5.74) is 0.0901. The highest BCUT2D eigenvalue weighted by molar-refractivity contribution is 7.11. The predicted octanol–water partition coefficient (Wildman–Crippen LogP) is 3.16. The van der Waals surface area contributed by atoms with E-state index in [9.17, 15) is 0 Å². The van der Waals surface area contributed by atoms with Crippen LogP contribution in [0.4, 0.5) is 0 Å². The van der Waals surface area contributed by atoms with Gasteiger partial charge in [0.05, 0.1) is 11.6 Å². The SMILES string of the molecule is CN=C(NCc1cnc(C)s1)NCC(C)(C)c1cccs1. The maximum atomic E-state index is 4.28. The van der Waals surface area contributed by atoms with Crippen molar-refractivity contribution in [1.82, 2.24) is 15.6 Å². The minimum atomic E-state index is 0.0901. The van der Waals surface area contributed by atoms with E-state index in [0.717, 1.165) is 24.1 Å².